The van der Waals surface area contributed by atoms with Crippen molar-refractivity contribution in [1.82, 2.24) is 9.97 Å². The van der Waals surface area contributed by atoms with Crippen molar-refractivity contribution in [1.29, 1.82) is 0 Å². The number of nitrogens with two attached hydrogens (primary N) is 1. The van der Waals surface area contributed by atoms with Gasteiger partial charge in [0.15, 0.2) is 0 Å². The zero-order valence-corrected chi connectivity index (χ0v) is 18.9. The van der Waals surface area contributed by atoms with Crippen LogP contribution < -0.4 is 20.3 Å². The van der Waals surface area contributed by atoms with Gasteiger partial charge in [-0.2, -0.15) is 0 Å². The van der Waals surface area contributed by atoms with Gasteiger partial charge in [-0.15, -0.1) is 0 Å². The van der Waals surface area contributed by atoms with Crippen LogP contribution in [0.25, 0.3) is 22.1 Å². The van der Waals surface area contributed by atoms with Gasteiger partial charge in [0.25, 0.3) is 0 Å². The maximum absolute atomic E-state index is 6.01. The summed E-state index contributed by atoms with van der Waals surface area (Å²) in [5, 5.41) is 0. The first-order valence-electron chi connectivity index (χ1n) is 11.7. The van der Waals surface area contributed by atoms with E-state index in [1.807, 2.05) is 42.5 Å². The standard InChI is InChI=1S/C26H27N5O3/c27-18-1-3-19(4-2-18)34-20-5-6-21-22(15-20)29-24-17-26(31-9-13-33-14-10-31)25(16-23(24)28-21)30-7-11-32-12-8-30/h1-6,15-17H,7-14,27H2. The normalized spacial score (nSPS) is 16.8. The zero-order chi connectivity index (χ0) is 22.9. The van der Waals surface area contributed by atoms with Crippen LogP contribution in [0.15, 0.2) is 54.6 Å². The highest BCUT2D eigenvalue weighted by atomic mass is 16.5. The largest absolute Gasteiger partial charge is 0.457 e. The average molecular weight is 458 g/mol. The third-order valence-corrected chi connectivity index (χ3v) is 6.32. The second-order valence-electron chi connectivity index (χ2n) is 8.57. The molecule has 2 aliphatic heterocycles. The highest BCUT2D eigenvalue weighted by Crippen LogP contribution is 2.35. The van der Waals surface area contributed by atoms with Gasteiger partial charge in [-0.3, -0.25) is 0 Å². The van der Waals surface area contributed by atoms with Gasteiger partial charge in [0, 0.05) is 37.9 Å². The van der Waals surface area contributed by atoms with Crippen molar-refractivity contribution in [3.8, 4) is 11.5 Å². The molecule has 2 fully saturated rings. The van der Waals surface area contributed by atoms with Crippen LogP contribution >= 0.6 is 0 Å². The summed E-state index contributed by atoms with van der Waals surface area (Å²) in [7, 11) is 0. The van der Waals surface area contributed by atoms with Crippen molar-refractivity contribution in [3.05, 3.63) is 54.6 Å². The summed E-state index contributed by atoms with van der Waals surface area (Å²) in [6, 6.07) is 17.5. The van der Waals surface area contributed by atoms with Crippen LogP contribution in [-0.4, -0.2) is 62.6 Å². The molecule has 8 heteroatoms. The van der Waals surface area contributed by atoms with Crippen molar-refractivity contribution >= 4 is 39.1 Å². The number of nitrogens with zero attached hydrogens (tertiary/aromatic N) is 4. The Kier molecular flexibility index (Phi) is 5.52. The van der Waals surface area contributed by atoms with E-state index in [2.05, 4.69) is 21.9 Å². The molecule has 4 aromatic rings. The van der Waals surface area contributed by atoms with Gasteiger partial charge in [0.05, 0.1) is 59.9 Å². The zero-order valence-electron chi connectivity index (χ0n) is 18.9. The lowest BCUT2D eigenvalue weighted by molar-refractivity contribution is 0.121. The van der Waals surface area contributed by atoms with Crippen molar-refractivity contribution in [3.63, 3.8) is 0 Å². The number of benzene rings is 3. The number of nitrogen functional groups attached to an aromatic ring is 1. The average Bonchev–Trinajstić information content (AvgIpc) is 2.89. The predicted octanol–water partition coefficient (Wildman–Crippen LogP) is 3.83. The Morgan fingerprint density at radius 2 is 1.12 bits per heavy atom. The molecular formula is C26H27N5O3. The van der Waals surface area contributed by atoms with Gasteiger partial charge in [0.1, 0.15) is 11.5 Å². The summed E-state index contributed by atoms with van der Waals surface area (Å²) >= 11 is 0. The number of anilines is 3. The lowest BCUT2D eigenvalue weighted by atomic mass is 10.1. The van der Waals surface area contributed by atoms with Gasteiger partial charge >= 0.3 is 0 Å². The number of hydrogen-bond acceptors (Lipinski definition) is 8. The maximum atomic E-state index is 6.01. The molecule has 34 heavy (non-hydrogen) atoms. The minimum absolute atomic E-state index is 0.704. The predicted molar refractivity (Wildman–Crippen MR) is 134 cm³/mol. The van der Waals surface area contributed by atoms with Crippen molar-refractivity contribution < 1.29 is 14.2 Å². The van der Waals surface area contributed by atoms with Crippen LogP contribution in [0.3, 0.4) is 0 Å². The number of rotatable bonds is 4. The first kappa shape index (κ1) is 20.9. The molecule has 8 nitrogen and oxygen atoms in total. The van der Waals surface area contributed by atoms with E-state index in [4.69, 9.17) is 29.9 Å². The summed E-state index contributed by atoms with van der Waals surface area (Å²) in [5.74, 6) is 1.44. The lowest BCUT2D eigenvalue weighted by Gasteiger charge is -2.36. The molecule has 0 bridgehead atoms. The molecular weight excluding hydrogens is 430 g/mol. The Morgan fingerprint density at radius 3 is 1.71 bits per heavy atom. The Labute approximate surface area is 197 Å². The Hall–Kier alpha value is -3.62. The Morgan fingerprint density at radius 1 is 0.618 bits per heavy atom. The smallest absolute Gasteiger partial charge is 0.129 e. The summed E-state index contributed by atoms with van der Waals surface area (Å²) in [4.78, 5) is 14.7. The third kappa shape index (κ3) is 4.18. The molecule has 0 amide bonds. The first-order valence-corrected chi connectivity index (χ1v) is 11.7. The minimum Gasteiger partial charge on any atom is -0.457 e. The number of morpholine rings is 2. The molecule has 2 aliphatic rings. The van der Waals surface area contributed by atoms with E-state index in [9.17, 15) is 0 Å². The van der Waals surface area contributed by atoms with Crippen LogP contribution in [0.4, 0.5) is 17.1 Å². The quantitative estimate of drug-likeness (QED) is 0.366. The van der Waals surface area contributed by atoms with Gasteiger partial charge in [-0.25, -0.2) is 9.97 Å². The van der Waals surface area contributed by atoms with Crippen molar-refractivity contribution in [2.24, 2.45) is 0 Å². The van der Waals surface area contributed by atoms with Crippen molar-refractivity contribution in [2.45, 2.75) is 0 Å². The van der Waals surface area contributed by atoms with Crippen molar-refractivity contribution in [2.75, 3.05) is 68.1 Å². The van der Waals surface area contributed by atoms with E-state index >= 15 is 0 Å². The highest BCUT2D eigenvalue weighted by Gasteiger charge is 2.22. The van der Waals surface area contributed by atoms with Crippen LogP contribution in [0.2, 0.25) is 0 Å². The van der Waals surface area contributed by atoms with E-state index in [-0.39, 0.29) is 0 Å². The first-order chi connectivity index (χ1) is 16.7. The molecule has 0 saturated carbocycles. The second-order valence-corrected chi connectivity index (χ2v) is 8.57. The summed E-state index contributed by atoms with van der Waals surface area (Å²) in [5.41, 5.74) is 12.2. The number of ether oxygens (including phenoxy) is 3. The monoisotopic (exact) mass is 457 g/mol. The molecule has 0 spiro atoms. The van der Waals surface area contributed by atoms with Gasteiger partial charge in [-0.05, 0) is 48.5 Å². The fourth-order valence-electron chi connectivity index (χ4n) is 4.53. The van der Waals surface area contributed by atoms with Crippen LogP contribution in [-0.2, 0) is 9.47 Å². The minimum atomic E-state index is 0.704. The number of fused-ring (bicyclic) bond motifs is 2. The van der Waals surface area contributed by atoms with Crippen LogP contribution in [0, 0.1) is 0 Å². The van der Waals surface area contributed by atoms with E-state index in [0.29, 0.717) is 11.4 Å². The fraction of sp³-hybridized carbons (Fsp3) is 0.308. The van der Waals surface area contributed by atoms with E-state index in [1.54, 1.807) is 0 Å². The topological polar surface area (TPSA) is 86.0 Å². The number of hydrogen-bond donors (Lipinski definition) is 1. The molecule has 2 saturated heterocycles. The molecule has 0 unspecified atom stereocenters. The molecule has 0 radical (unpaired) electrons. The molecule has 3 heterocycles. The van der Waals surface area contributed by atoms with E-state index in [1.165, 1.54) is 11.4 Å². The van der Waals surface area contributed by atoms with E-state index in [0.717, 1.165) is 80.4 Å². The SMILES string of the molecule is Nc1ccc(Oc2ccc3nc4cc(N5CCOCC5)c(N5CCOCC5)cc4nc3c2)cc1. The molecule has 1 aromatic heterocycles. The molecule has 174 valence electrons. The molecule has 2 N–H and O–H groups in total. The highest BCUT2D eigenvalue weighted by molar-refractivity contribution is 5.93. The maximum Gasteiger partial charge on any atom is 0.129 e. The molecule has 0 aliphatic carbocycles. The second kappa shape index (κ2) is 8.96. The lowest BCUT2D eigenvalue weighted by Crippen LogP contribution is -2.40. The molecule has 6 rings (SSSR count). The van der Waals surface area contributed by atoms with Gasteiger partial charge < -0.3 is 29.7 Å². The van der Waals surface area contributed by atoms with E-state index < -0.39 is 0 Å². The van der Waals surface area contributed by atoms with Crippen LogP contribution in [0.5, 0.6) is 11.5 Å². The fourth-order valence-corrected chi connectivity index (χ4v) is 4.53. The summed E-state index contributed by atoms with van der Waals surface area (Å²) < 4.78 is 17.2. The molecule has 3 aromatic carbocycles. The molecule has 0 atom stereocenters. The third-order valence-electron chi connectivity index (χ3n) is 6.32. The summed E-state index contributed by atoms with van der Waals surface area (Å²) in [6.45, 7) is 6.41. The summed E-state index contributed by atoms with van der Waals surface area (Å²) in [6.07, 6.45) is 0. The van der Waals surface area contributed by atoms with Gasteiger partial charge in [0.2, 0.25) is 0 Å². The number of aromatic nitrogens is 2. The Bertz CT molecular complexity index is 1320. The Balaban J connectivity index is 1.41. The van der Waals surface area contributed by atoms with Gasteiger partial charge in [-0.1, -0.05) is 0 Å². The van der Waals surface area contributed by atoms with Crippen LogP contribution in [0.1, 0.15) is 0 Å².